The van der Waals surface area contributed by atoms with E-state index in [1.54, 1.807) is 0 Å². The Labute approximate surface area is 139 Å². The number of rotatable bonds is 4. The third kappa shape index (κ3) is 3.23. The molecule has 0 unspecified atom stereocenters. The lowest BCUT2D eigenvalue weighted by molar-refractivity contribution is 0.102. The minimum atomic E-state index is -0.136. The van der Waals surface area contributed by atoms with E-state index in [9.17, 15) is 9.59 Å². The fourth-order valence-corrected chi connectivity index (χ4v) is 4.58. The van der Waals surface area contributed by atoms with Crippen LogP contribution in [0, 0.1) is 6.92 Å². The Morgan fingerprint density at radius 1 is 1.35 bits per heavy atom. The van der Waals surface area contributed by atoms with E-state index in [0.29, 0.717) is 33.5 Å². The number of ketones is 1. The average molecular weight is 333 g/mol. The first-order valence-electron chi connectivity index (χ1n) is 8.21. The second-order valence-corrected chi connectivity index (χ2v) is 7.51. The Kier molecular flexibility index (Phi) is 4.64. The molecule has 0 radical (unpaired) electrons. The molecule has 3 rings (SSSR count). The van der Waals surface area contributed by atoms with Crippen molar-refractivity contribution >= 4 is 27.3 Å². The van der Waals surface area contributed by atoms with Gasteiger partial charge < -0.3 is 4.98 Å². The lowest BCUT2D eigenvalue weighted by Gasteiger charge is -2.30. The van der Waals surface area contributed by atoms with Gasteiger partial charge in [-0.25, -0.2) is 4.98 Å². The number of H-pyrrole nitrogens is 1. The van der Waals surface area contributed by atoms with Gasteiger partial charge in [-0.3, -0.25) is 14.5 Å². The summed E-state index contributed by atoms with van der Waals surface area (Å²) < 4.78 is 0. The Balaban J connectivity index is 1.90. The highest BCUT2D eigenvalue weighted by atomic mass is 32.1. The number of Topliss-reactive ketones (excluding diaryl/α,β-unsaturated/α-hetero) is 1. The van der Waals surface area contributed by atoms with Crippen molar-refractivity contribution in [1.82, 2.24) is 14.9 Å². The summed E-state index contributed by atoms with van der Waals surface area (Å²) in [6.45, 7) is 3.99. The number of aromatic nitrogens is 2. The molecule has 0 bridgehead atoms. The molecule has 1 aliphatic rings. The largest absolute Gasteiger partial charge is 0.309 e. The highest BCUT2D eigenvalue weighted by Gasteiger charge is 2.20. The van der Waals surface area contributed by atoms with E-state index in [2.05, 4.69) is 21.9 Å². The molecule has 2 aromatic heterocycles. The van der Waals surface area contributed by atoms with Crippen LogP contribution in [0.1, 0.15) is 60.1 Å². The molecular weight excluding hydrogens is 310 g/mol. The van der Waals surface area contributed by atoms with E-state index in [4.69, 9.17) is 0 Å². The van der Waals surface area contributed by atoms with Crippen molar-refractivity contribution < 1.29 is 4.79 Å². The molecule has 5 nitrogen and oxygen atoms in total. The highest BCUT2D eigenvalue weighted by molar-refractivity contribution is 7.20. The number of aryl methyl sites for hydroxylation is 1. The zero-order valence-corrected chi connectivity index (χ0v) is 14.8. The van der Waals surface area contributed by atoms with Gasteiger partial charge in [-0.2, -0.15) is 0 Å². The third-order valence-corrected chi connectivity index (χ3v) is 6.05. The number of hydrogen-bond donors (Lipinski definition) is 1. The fraction of sp³-hybridized carbons (Fsp3) is 0.588. The summed E-state index contributed by atoms with van der Waals surface area (Å²) in [4.78, 5) is 35.2. The summed E-state index contributed by atoms with van der Waals surface area (Å²) in [5, 5.41) is 0.560. The van der Waals surface area contributed by atoms with Crippen molar-refractivity contribution in [3.05, 3.63) is 26.6 Å². The Hall–Kier alpha value is -1.53. The molecule has 1 aliphatic carbocycles. The first-order chi connectivity index (χ1) is 11.0. The monoisotopic (exact) mass is 333 g/mol. The molecule has 2 heterocycles. The molecule has 1 fully saturated rings. The number of hydrogen-bond acceptors (Lipinski definition) is 5. The lowest BCUT2D eigenvalue weighted by atomic mass is 9.94. The van der Waals surface area contributed by atoms with Crippen LogP contribution in [0.25, 0.3) is 10.2 Å². The SMILES string of the molecule is CC(=O)c1sc2nc(CN(C)C3CCCCC3)[nH]c(=O)c2c1C. The summed E-state index contributed by atoms with van der Waals surface area (Å²) in [5.74, 6) is 0.678. The van der Waals surface area contributed by atoms with E-state index in [-0.39, 0.29) is 11.3 Å². The zero-order chi connectivity index (χ0) is 16.6. The van der Waals surface area contributed by atoms with Crippen molar-refractivity contribution in [3.63, 3.8) is 0 Å². The van der Waals surface area contributed by atoms with Gasteiger partial charge in [-0.05, 0) is 39.3 Å². The van der Waals surface area contributed by atoms with Gasteiger partial charge in [0.1, 0.15) is 10.7 Å². The molecule has 23 heavy (non-hydrogen) atoms. The van der Waals surface area contributed by atoms with Crippen LogP contribution in [0.15, 0.2) is 4.79 Å². The van der Waals surface area contributed by atoms with Gasteiger partial charge in [0.2, 0.25) is 0 Å². The quantitative estimate of drug-likeness (QED) is 0.872. The van der Waals surface area contributed by atoms with Gasteiger partial charge in [-0.1, -0.05) is 19.3 Å². The van der Waals surface area contributed by atoms with Crippen molar-refractivity contribution in [2.24, 2.45) is 0 Å². The first kappa shape index (κ1) is 16.3. The molecule has 124 valence electrons. The minimum absolute atomic E-state index is 0.00854. The molecule has 1 N–H and O–H groups in total. The summed E-state index contributed by atoms with van der Waals surface area (Å²) in [6, 6.07) is 0.572. The molecule has 6 heteroatoms. The van der Waals surface area contributed by atoms with Gasteiger partial charge in [-0.15, -0.1) is 11.3 Å². The van der Waals surface area contributed by atoms with Crippen LogP contribution in [-0.4, -0.2) is 33.7 Å². The summed E-state index contributed by atoms with van der Waals surface area (Å²) in [7, 11) is 2.10. The van der Waals surface area contributed by atoms with Crippen LogP contribution in [0.2, 0.25) is 0 Å². The van der Waals surface area contributed by atoms with Gasteiger partial charge >= 0.3 is 0 Å². The third-order valence-electron chi connectivity index (χ3n) is 4.77. The topological polar surface area (TPSA) is 66.1 Å². The van der Waals surface area contributed by atoms with Gasteiger partial charge in [0, 0.05) is 6.04 Å². The van der Waals surface area contributed by atoms with Crippen LogP contribution >= 0.6 is 11.3 Å². The van der Waals surface area contributed by atoms with Crippen LogP contribution in [0.4, 0.5) is 0 Å². The normalized spacial score (nSPS) is 16.3. The lowest BCUT2D eigenvalue weighted by Crippen LogP contribution is -2.34. The molecule has 1 saturated carbocycles. The number of nitrogens with zero attached hydrogens (tertiary/aromatic N) is 2. The average Bonchev–Trinajstić information content (AvgIpc) is 2.85. The van der Waals surface area contributed by atoms with Gasteiger partial charge in [0.25, 0.3) is 5.56 Å². The molecule has 0 amide bonds. The summed E-state index contributed by atoms with van der Waals surface area (Å²) in [6.07, 6.45) is 6.33. The van der Waals surface area contributed by atoms with Crippen LogP contribution in [0.5, 0.6) is 0 Å². The van der Waals surface area contributed by atoms with Crippen LogP contribution in [-0.2, 0) is 6.54 Å². The summed E-state index contributed by atoms with van der Waals surface area (Å²) >= 11 is 1.32. The summed E-state index contributed by atoms with van der Waals surface area (Å²) in [5.41, 5.74) is 0.613. The highest BCUT2D eigenvalue weighted by Crippen LogP contribution is 2.27. The van der Waals surface area contributed by atoms with Crippen molar-refractivity contribution in [2.75, 3.05) is 7.05 Å². The van der Waals surface area contributed by atoms with Crippen molar-refractivity contribution in [3.8, 4) is 0 Å². The smallest absolute Gasteiger partial charge is 0.259 e. The van der Waals surface area contributed by atoms with Gasteiger partial charge in [0.15, 0.2) is 5.78 Å². The maximum Gasteiger partial charge on any atom is 0.259 e. The molecule has 0 atom stereocenters. The first-order valence-corrected chi connectivity index (χ1v) is 9.02. The molecule has 0 saturated heterocycles. The molecule has 2 aromatic rings. The Morgan fingerprint density at radius 3 is 2.70 bits per heavy atom. The maximum atomic E-state index is 12.4. The van der Waals surface area contributed by atoms with Crippen LogP contribution in [0.3, 0.4) is 0 Å². The number of carbonyl (C=O) groups excluding carboxylic acids is 1. The molecule has 0 spiro atoms. The van der Waals surface area contributed by atoms with E-state index in [1.165, 1.54) is 50.4 Å². The Bertz CT molecular complexity index is 787. The minimum Gasteiger partial charge on any atom is -0.309 e. The fourth-order valence-electron chi connectivity index (χ4n) is 3.49. The second kappa shape index (κ2) is 6.53. The Morgan fingerprint density at radius 2 is 2.04 bits per heavy atom. The number of aromatic amines is 1. The zero-order valence-electron chi connectivity index (χ0n) is 13.9. The van der Waals surface area contributed by atoms with E-state index >= 15 is 0 Å². The van der Waals surface area contributed by atoms with Crippen molar-refractivity contribution in [2.45, 2.75) is 58.5 Å². The number of nitrogens with one attached hydrogen (secondary N) is 1. The molecule has 0 aromatic carbocycles. The van der Waals surface area contributed by atoms with Crippen LogP contribution < -0.4 is 5.56 Å². The number of fused-ring (bicyclic) bond motifs is 1. The predicted molar refractivity (Wildman–Crippen MR) is 93.3 cm³/mol. The molecular formula is C17H23N3O2S. The van der Waals surface area contributed by atoms with E-state index < -0.39 is 0 Å². The second-order valence-electron chi connectivity index (χ2n) is 6.51. The van der Waals surface area contributed by atoms with Gasteiger partial charge in [0.05, 0.1) is 16.8 Å². The predicted octanol–water partition coefficient (Wildman–Crippen LogP) is 3.26. The number of carbonyl (C=O) groups is 1. The standard InChI is InChI=1S/C17H23N3O2S/c1-10-14-16(22)18-13(19-17(14)23-15(10)11(2)21)9-20(3)12-7-5-4-6-8-12/h12H,4-9H2,1-3H3,(H,18,19,22). The van der Waals surface area contributed by atoms with E-state index in [0.717, 1.165) is 5.56 Å². The van der Waals surface area contributed by atoms with E-state index in [1.807, 2.05) is 6.92 Å². The maximum absolute atomic E-state index is 12.4. The number of thiophene rings is 1. The van der Waals surface area contributed by atoms with Crippen molar-refractivity contribution in [1.29, 1.82) is 0 Å². The molecule has 0 aliphatic heterocycles.